The van der Waals surface area contributed by atoms with E-state index in [-0.39, 0.29) is 11.8 Å². The van der Waals surface area contributed by atoms with Crippen molar-refractivity contribution >= 4 is 34.3 Å². The van der Waals surface area contributed by atoms with Crippen molar-refractivity contribution in [3.63, 3.8) is 0 Å². The van der Waals surface area contributed by atoms with E-state index >= 15 is 0 Å². The molecule has 4 aliphatic carbocycles. The van der Waals surface area contributed by atoms with Gasteiger partial charge in [-0.05, 0) is 90.3 Å². The number of thioether (sulfide) groups is 1. The summed E-state index contributed by atoms with van der Waals surface area (Å²) in [4.78, 5) is 19.9. The predicted octanol–water partition coefficient (Wildman–Crippen LogP) is 12.9. The zero-order chi connectivity index (χ0) is 41.0. The van der Waals surface area contributed by atoms with Crippen LogP contribution in [0.1, 0.15) is 55.0 Å². The first-order valence-electron chi connectivity index (χ1n) is 22.3. The second-order valence-corrected chi connectivity index (χ2v) is 18.5. The predicted molar refractivity (Wildman–Crippen MR) is 256 cm³/mol. The maximum Gasteiger partial charge on any atom is 0.165 e. The smallest absolute Gasteiger partial charge is 0.165 e. The first-order chi connectivity index (χ1) is 30.7. The topological polar surface area (TPSA) is 53.9 Å². The number of fused-ring (bicyclic) bond motifs is 6. The summed E-state index contributed by atoms with van der Waals surface area (Å²) in [6, 6.07) is 37.1. The number of allylic oxidation sites excluding steroid dienone is 13. The Bertz CT molecular complexity index is 2820. The summed E-state index contributed by atoms with van der Waals surface area (Å²) in [5.41, 5.74) is 15.2. The van der Waals surface area contributed by atoms with Crippen LogP contribution in [0.4, 0.5) is 11.4 Å². The SMILES string of the molecule is C1=CCC(C2=CCCC(C3=CC(c4nc(-c5ccccc5)nc(-c5ccccc5)n4)=C(C4CC=CC5Sc6cc7c(cc6C54)N(c4ccccc4)C4CC=CC=C74)NC3)=C2)C=C1. The lowest BCUT2D eigenvalue weighted by Crippen LogP contribution is -2.34. The molecule has 62 heavy (non-hydrogen) atoms. The first-order valence-corrected chi connectivity index (χ1v) is 23.1. The Morgan fingerprint density at radius 1 is 0.677 bits per heavy atom. The minimum absolute atomic E-state index is 0.200. The van der Waals surface area contributed by atoms with Crippen molar-refractivity contribution in [1.29, 1.82) is 0 Å². The number of para-hydroxylation sites is 1. The Hall–Kier alpha value is -6.50. The Morgan fingerprint density at radius 2 is 1.42 bits per heavy atom. The molecule has 6 heteroatoms. The van der Waals surface area contributed by atoms with E-state index in [2.05, 4.69) is 174 Å². The Labute approximate surface area is 368 Å². The van der Waals surface area contributed by atoms with Gasteiger partial charge in [-0.3, -0.25) is 0 Å². The molecule has 7 aliphatic rings. The van der Waals surface area contributed by atoms with Crippen LogP contribution in [0.15, 0.2) is 203 Å². The Morgan fingerprint density at radius 3 is 2.18 bits per heavy atom. The van der Waals surface area contributed by atoms with Crippen molar-refractivity contribution < 1.29 is 0 Å². The van der Waals surface area contributed by atoms with Crippen LogP contribution in [0.25, 0.3) is 33.9 Å². The van der Waals surface area contributed by atoms with Crippen molar-refractivity contribution in [2.45, 2.75) is 54.2 Å². The minimum atomic E-state index is 0.200. The van der Waals surface area contributed by atoms with Gasteiger partial charge in [-0.25, -0.2) is 15.0 Å². The third-order valence-electron chi connectivity index (χ3n) is 13.6. The summed E-state index contributed by atoms with van der Waals surface area (Å²) in [5.74, 6) is 2.99. The quantitative estimate of drug-likeness (QED) is 0.165. The van der Waals surface area contributed by atoms with E-state index in [1.807, 2.05) is 23.9 Å². The van der Waals surface area contributed by atoms with Crippen LogP contribution in [0, 0.1) is 11.8 Å². The van der Waals surface area contributed by atoms with Gasteiger partial charge in [0.1, 0.15) is 0 Å². The number of benzene rings is 4. The molecule has 0 spiro atoms. The van der Waals surface area contributed by atoms with E-state index in [1.165, 1.54) is 55.4 Å². The Kier molecular flexibility index (Phi) is 9.47. The lowest BCUT2D eigenvalue weighted by Gasteiger charge is -2.36. The molecule has 4 heterocycles. The summed E-state index contributed by atoms with van der Waals surface area (Å²) >= 11 is 2.04. The molecule has 5 nitrogen and oxygen atoms in total. The van der Waals surface area contributed by atoms with Crippen LogP contribution in [0.2, 0.25) is 0 Å². The van der Waals surface area contributed by atoms with Gasteiger partial charge in [0.05, 0.1) is 6.04 Å². The molecule has 1 aromatic heterocycles. The van der Waals surface area contributed by atoms with Crippen LogP contribution in [-0.4, -0.2) is 32.8 Å². The third kappa shape index (κ3) is 6.60. The lowest BCUT2D eigenvalue weighted by molar-refractivity contribution is 0.458. The number of rotatable bonds is 7. The van der Waals surface area contributed by atoms with Gasteiger partial charge in [0.15, 0.2) is 17.5 Å². The molecule has 0 saturated heterocycles. The van der Waals surface area contributed by atoms with E-state index in [4.69, 9.17) is 15.0 Å². The molecule has 0 amide bonds. The van der Waals surface area contributed by atoms with Gasteiger partial charge in [-0.2, -0.15) is 0 Å². The van der Waals surface area contributed by atoms with Crippen molar-refractivity contribution in [3.8, 4) is 22.8 Å². The molecule has 302 valence electrons. The number of hydrogen-bond donors (Lipinski definition) is 1. The van der Waals surface area contributed by atoms with E-state index in [1.54, 1.807) is 0 Å². The largest absolute Gasteiger partial charge is 0.383 e. The highest BCUT2D eigenvalue weighted by Gasteiger charge is 2.45. The lowest BCUT2D eigenvalue weighted by atomic mass is 9.74. The fourth-order valence-electron chi connectivity index (χ4n) is 10.7. The van der Waals surface area contributed by atoms with Gasteiger partial charge in [0, 0.05) is 73.8 Å². The second kappa shape index (κ2) is 15.8. The highest BCUT2D eigenvalue weighted by molar-refractivity contribution is 8.00. The average Bonchev–Trinajstić information content (AvgIpc) is 3.89. The van der Waals surface area contributed by atoms with Gasteiger partial charge < -0.3 is 10.2 Å². The van der Waals surface area contributed by atoms with Gasteiger partial charge in [0.25, 0.3) is 0 Å². The van der Waals surface area contributed by atoms with E-state index in [9.17, 15) is 0 Å². The number of dihydropyridines is 1. The fourth-order valence-corrected chi connectivity index (χ4v) is 12.2. The molecular formula is C56H47N5S. The number of anilines is 2. The van der Waals surface area contributed by atoms with Crippen LogP contribution in [0.3, 0.4) is 0 Å². The highest BCUT2D eigenvalue weighted by atomic mass is 32.2. The normalized spacial score (nSPS) is 24.3. The second-order valence-electron chi connectivity index (χ2n) is 17.2. The molecule has 3 aliphatic heterocycles. The maximum atomic E-state index is 5.37. The standard InChI is InChI=1S/C56H47N5S/c1-5-17-36(18-6-1)39-23-15-24-40(31-39)41-32-47(56-59-54(37-19-7-2-8-20-37)58-55(60-56)38-21-9-3-10-22-38)53(57-35-41)44-28-16-30-50-52(44)46-33-49-45(34-51(46)62-50)43-27-13-14-29-48(43)61(49)42-25-11-4-12-26-42/h1-14,16-17,19-23,25-27,30-34,36,44,48,50,52,57H,15,18,24,28-29,35H2. The molecule has 0 radical (unpaired) electrons. The molecule has 0 fully saturated rings. The zero-order valence-electron chi connectivity index (χ0n) is 34.6. The molecule has 0 bridgehead atoms. The molecule has 5 aromatic rings. The molecule has 4 aromatic carbocycles. The summed E-state index contributed by atoms with van der Waals surface area (Å²) in [7, 11) is 0. The van der Waals surface area contributed by atoms with Gasteiger partial charge in [-0.15, -0.1) is 11.8 Å². The zero-order valence-corrected chi connectivity index (χ0v) is 35.4. The fraction of sp³-hybridized carbons (Fsp3) is 0.196. The molecule has 12 rings (SSSR count). The summed E-state index contributed by atoms with van der Waals surface area (Å²) in [6.45, 7) is 0.771. The molecule has 1 N–H and O–H groups in total. The average molecular weight is 822 g/mol. The van der Waals surface area contributed by atoms with E-state index in [0.29, 0.717) is 28.9 Å². The van der Waals surface area contributed by atoms with Gasteiger partial charge in [0.2, 0.25) is 0 Å². The van der Waals surface area contributed by atoms with Crippen LogP contribution in [-0.2, 0) is 0 Å². The number of nitrogens with one attached hydrogen (secondary N) is 1. The van der Waals surface area contributed by atoms with E-state index < -0.39 is 0 Å². The monoisotopic (exact) mass is 821 g/mol. The summed E-state index contributed by atoms with van der Waals surface area (Å²) in [6.07, 6.45) is 33.2. The van der Waals surface area contributed by atoms with E-state index in [0.717, 1.165) is 61.2 Å². The number of hydrogen-bond acceptors (Lipinski definition) is 6. The maximum absolute atomic E-state index is 5.37. The first kappa shape index (κ1) is 37.3. The molecular weight excluding hydrogens is 775 g/mol. The number of aromatic nitrogens is 3. The molecule has 0 saturated carbocycles. The van der Waals surface area contributed by atoms with Crippen LogP contribution in [0.5, 0.6) is 0 Å². The van der Waals surface area contributed by atoms with Gasteiger partial charge in [-0.1, -0.05) is 146 Å². The highest BCUT2D eigenvalue weighted by Crippen LogP contribution is 2.58. The van der Waals surface area contributed by atoms with Crippen molar-refractivity contribution in [2.24, 2.45) is 11.8 Å². The molecule has 5 unspecified atom stereocenters. The van der Waals surface area contributed by atoms with Crippen LogP contribution < -0.4 is 10.2 Å². The van der Waals surface area contributed by atoms with Crippen molar-refractivity contribution in [3.05, 3.63) is 215 Å². The summed E-state index contributed by atoms with van der Waals surface area (Å²) < 4.78 is 0. The van der Waals surface area contributed by atoms with Gasteiger partial charge >= 0.3 is 0 Å². The van der Waals surface area contributed by atoms with Crippen molar-refractivity contribution in [2.75, 3.05) is 11.4 Å². The Balaban J connectivity index is 1.02. The number of nitrogens with zero attached hydrogens (tertiary/aromatic N) is 4. The summed E-state index contributed by atoms with van der Waals surface area (Å²) in [5, 5.41) is 4.45. The van der Waals surface area contributed by atoms with Crippen LogP contribution >= 0.6 is 11.8 Å². The third-order valence-corrected chi connectivity index (χ3v) is 15.0. The van der Waals surface area contributed by atoms with Crippen molar-refractivity contribution in [1.82, 2.24) is 20.3 Å². The molecule has 5 atom stereocenters. The minimum Gasteiger partial charge on any atom is -0.383 e.